The van der Waals surface area contributed by atoms with E-state index in [0.29, 0.717) is 0 Å². The number of methoxy groups -OCH3 is 1. The molecule has 0 aliphatic carbocycles. The van der Waals surface area contributed by atoms with Gasteiger partial charge < -0.3 is 14.9 Å². The highest BCUT2D eigenvalue weighted by molar-refractivity contribution is 6.17. The van der Waals surface area contributed by atoms with Gasteiger partial charge in [-0.2, -0.15) is 0 Å². The van der Waals surface area contributed by atoms with E-state index in [9.17, 15) is 14.6 Å². The van der Waals surface area contributed by atoms with E-state index in [4.69, 9.17) is 16.3 Å². The monoisotopic (exact) mass is 249 g/mol. The maximum atomic E-state index is 13.0. The van der Waals surface area contributed by atoms with Gasteiger partial charge in [0.2, 0.25) is 5.88 Å². The molecular formula is C10H13ClFNO3. The van der Waals surface area contributed by atoms with Gasteiger partial charge in [0.25, 0.3) is 0 Å². The first-order chi connectivity index (χ1) is 7.60. The predicted octanol–water partition coefficient (Wildman–Crippen LogP) is 1.25. The van der Waals surface area contributed by atoms with Gasteiger partial charge in [0.1, 0.15) is 11.9 Å². The Morgan fingerprint density at radius 1 is 1.56 bits per heavy atom. The highest BCUT2D eigenvalue weighted by Crippen LogP contribution is 2.27. The summed E-state index contributed by atoms with van der Waals surface area (Å²) in [5, 5.41) is 19.3. The summed E-state index contributed by atoms with van der Waals surface area (Å²) in [6.07, 6.45) is -1.17. The quantitative estimate of drug-likeness (QED) is 0.771. The number of aliphatic hydroxyl groups excluding tert-OH is 2. The summed E-state index contributed by atoms with van der Waals surface area (Å²) in [6, 6.07) is 1.08. The number of alkyl halides is 1. The molecule has 1 aromatic heterocycles. The van der Waals surface area contributed by atoms with E-state index < -0.39 is 18.0 Å². The van der Waals surface area contributed by atoms with Crippen LogP contribution in [0.25, 0.3) is 0 Å². The third kappa shape index (κ3) is 3.04. The highest BCUT2D eigenvalue weighted by Gasteiger charge is 2.22. The van der Waals surface area contributed by atoms with Gasteiger partial charge in [0, 0.05) is 11.4 Å². The second-order valence-corrected chi connectivity index (χ2v) is 3.62. The average Bonchev–Trinajstić information content (AvgIpc) is 2.28. The number of hydrogen-bond donors (Lipinski definition) is 2. The van der Waals surface area contributed by atoms with E-state index in [2.05, 4.69) is 4.98 Å². The smallest absolute Gasteiger partial charge is 0.219 e. The minimum atomic E-state index is -1.27. The number of halogens is 2. The summed E-state index contributed by atoms with van der Waals surface area (Å²) in [4.78, 5) is 3.66. The Morgan fingerprint density at radius 3 is 2.81 bits per heavy atom. The predicted molar refractivity (Wildman–Crippen MR) is 57.1 cm³/mol. The van der Waals surface area contributed by atoms with E-state index in [1.54, 1.807) is 0 Å². The van der Waals surface area contributed by atoms with Crippen LogP contribution in [0.4, 0.5) is 4.39 Å². The Bertz CT molecular complexity index is 351. The van der Waals surface area contributed by atoms with Crippen molar-refractivity contribution in [1.82, 2.24) is 4.98 Å². The van der Waals surface area contributed by atoms with E-state index in [0.717, 1.165) is 12.3 Å². The molecule has 0 saturated carbocycles. The second-order valence-electron chi connectivity index (χ2n) is 3.24. The molecule has 2 N–H and O–H groups in total. The van der Waals surface area contributed by atoms with Crippen LogP contribution in [0.3, 0.4) is 0 Å². The van der Waals surface area contributed by atoms with Crippen molar-refractivity contribution in [3.63, 3.8) is 0 Å². The van der Waals surface area contributed by atoms with Crippen molar-refractivity contribution in [1.29, 1.82) is 0 Å². The fraction of sp³-hybridized carbons (Fsp3) is 0.500. The zero-order valence-corrected chi connectivity index (χ0v) is 9.49. The number of aliphatic hydroxyl groups is 2. The van der Waals surface area contributed by atoms with Crippen molar-refractivity contribution in [3.8, 4) is 5.88 Å². The summed E-state index contributed by atoms with van der Waals surface area (Å²) >= 11 is 5.44. The van der Waals surface area contributed by atoms with Crippen LogP contribution in [0.2, 0.25) is 0 Å². The van der Waals surface area contributed by atoms with Crippen molar-refractivity contribution >= 4 is 11.6 Å². The van der Waals surface area contributed by atoms with Gasteiger partial charge in [-0.3, -0.25) is 0 Å². The number of hydrogen-bond acceptors (Lipinski definition) is 4. The molecule has 0 radical (unpaired) electrons. The Balaban J connectivity index is 2.96. The molecule has 0 aliphatic rings. The molecule has 0 fully saturated rings. The van der Waals surface area contributed by atoms with Crippen LogP contribution >= 0.6 is 11.6 Å². The van der Waals surface area contributed by atoms with Gasteiger partial charge in [0.15, 0.2) is 0 Å². The first-order valence-electron chi connectivity index (χ1n) is 4.71. The molecule has 0 amide bonds. The van der Waals surface area contributed by atoms with E-state index in [1.165, 1.54) is 7.11 Å². The fourth-order valence-electron chi connectivity index (χ4n) is 1.30. The zero-order chi connectivity index (χ0) is 12.1. The third-order valence-corrected chi connectivity index (χ3v) is 2.35. The number of rotatable bonds is 5. The van der Waals surface area contributed by atoms with Crippen molar-refractivity contribution in [2.75, 3.05) is 13.0 Å². The molecule has 0 aromatic carbocycles. The Kier molecular flexibility index (Phi) is 4.92. The van der Waals surface area contributed by atoms with Gasteiger partial charge >= 0.3 is 0 Å². The third-order valence-electron chi connectivity index (χ3n) is 2.13. The lowest BCUT2D eigenvalue weighted by Crippen LogP contribution is -2.19. The number of aromatic nitrogens is 1. The molecule has 2 unspecified atom stereocenters. The molecule has 1 rings (SSSR count). The first-order valence-corrected chi connectivity index (χ1v) is 5.25. The summed E-state index contributed by atoms with van der Waals surface area (Å²) in [5.41, 5.74) is 0.111. The number of nitrogens with zero attached hydrogens (tertiary/aromatic N) is 1. The normalized spacial score (nSPS) is 14.6. The molecule has 0 aliphatic heterocycles. The molecule has 16 heavy (non-hydrogen) atoms. The molecule has 0 saturated heterocycles. The van der Waals surface area contributed by atoms with Crippen LogP contribution in [-0.2, 0) is 0 Å². The van der Waals surface area contributed by atoms with Crippen molar-refractivity contribution in [3.05, 3.63) is 23.6 Å². The SMILES string of the molecule is COc1ncc(F)cc1C(O)C(O)CCCl. The molecule has 1 aromatic rings. The van der Waals surface area contributed by atoms with Crippen LogP contribution in [-0.4, -0.2) is 34.3 Å². The van der Waals surface area contributed by atoms with E-state index >= 15 is 0 Å². The maximum Gasteiger partial charge on any atom is 0.219 e. The van der Waals surface area contributed by atoms with Crippen molar-refractivity contribution in [2.45, 2.75) is 18.6 Å². The topological polar surface area (TPSA) is 62.6 Å². The van der Waals surface area contributed by atoms with E-state index in [-0.39, 0.29) is 23.7 Å². The minimum absolute atomic E-state index is 0.0857. The van der Waals surface area contributed by atoms with Gasteiger partial charge in [0.05, 0.1) is 19.4 Å². The van der Waals surface area contributed by atoms with Crippen LogP contribution in [0.15, 0.2) is 12.3 Å². The molecular weight excluding hydrogens is 237 g/mol. The Labute approximate surface area is 97.6 Å². The fourth-order valence-corrected chi connectivity index (χ4v) is 1.53. The van der Waals surface area contributed by atoms with Crippen LogP contribution in [0.1, 0.15) is 18.1 Å². The molecule has 1 heterocycles. The Morgan fingerprint density at radius 2 is 2.25 bits per heavy atom. The zero-order valence-electron chi connectivity index (χ0n) is 8.73. The molecule has 6 heteroatoms. The van der Waals surface area contributed by atoms with Gasteiger partial charge in [-0.15, -0.1) is 11.6 Å². The molecule has 0 spiro atoms. The Hall–Kier alpha value is -0.910. The number of ether oxygens (including phenoxy) is 1. The van der Waals surface area contributed by atoms with Crippen LogP contribution in [0, 0.1) is 5.82 Å². The summed E-state index contributed by atoms with van der Waals surface area (Å²) in [6.45, 7) is 0. The molecule has 4 nitrogen and oxygen atoms in total. The van der Waals surface area contributed by atoms with Crippen LogP contribution in [0.5, 0.6) is 5.88 Å². The summed E-state index contributed by atoms with van der Waals surface area (Å²) in [7, 11) is 1.35. The molecule has 2 atom stereocenters. The lowest BCUT2D eigenvalue weighted by molar-refractivity contribution is 0.0151. The summed E-state index contributed by atoms with van der Waals surface area (Å²) in [5.74, 6) is -0.320. The van der Waals surface area contributed by atoms with Crippen molar-refractivity contribution < 1.29 is 19.3 Å². The van der Waals surface area contributed by atoms with Crippen molar-refractivity contribution in [2.24, 2.45) is 0 Å². The second kappa shape index (κ2) is 5.98. The van der Waals surface area contributed by atoms with Gasteiger partial charge in [-0.05, 0) is 12.5 Å². The lowest BCUT2D eigenvalue weighted by Gasteiger charge is -2.18. The standard InChI is InChI=1S/C10H13ClFNO3/c1-16-10-7(4-6(12)5-13-10)9(15)8(14)2-3-11/h4-5,8-9,14-15H,2-3H2,1H3. The summed E-state index contributed by atoms with van der Waals surface area (Å²) < 4.78 is 17.8. The van der Waals surface area contributed by atoms with Gasteiger partial charge in [-0.25, -0.2) is 9.37 Å². The largest absolute Gasteiger partial charge is 0.481 e. The molecule has 90 valence electrons. The van der Waals surface area contributed by atoms with Gasteiger partial charge in [-0.1, -0.05) is 0 Å². The lowest BCUT2D eigenvalue weighted by atomic mass is 10.0. The minimum Gasteiger partial charge on any atom is -0.481 e. The highest BCUT2D eigenvalue weighted by atomic mass is 35.5. The number of pyridine rings is 1. The first kappa shape index (κ1) is 13.2. The molecule has 0 bridgehead atoms. The average molecular weight is 250 g/mol. The van der Waals surface area contributed by atoms with Crippen LogP contribution < -0.4 is 4.74 Å². The van der Waals surface area contributed by atoms with E-state index in [1.807, 2.05) is 0 Å². The maximum absolute atomic E-state index is 13.0.